The van der Waals surface area contributed by atoms with E-state index in [1.54, 1.807) is 0 Å². The fourth-order valence-electron chi connectivity index (χ4n) is 2.75. The molecule has 3 nitrogen and oxygen atoms in total. The summed E-state index contributed by atoms with van der Waals surface area (Å²) in [5, 5.41) is 0. The van der Waals surface area contributed by atoms with Crippen LogP contribution in [0, 0.1) is 13.8 Å². The minimum atomic E-state index is 0.781. The average molecular weight is 344 g/mol. The van der Waals surface area contributed by atoms with Gasteiger partial charge in [-0.2, -0.15) is 0 Å². The molecular weight excluding hydrogens is 326 g/mol. The smallest absolute Gasteiger partial charge is 0.141 e. The molecule has 0 radical (unpaired) electrons. The Labute approximate surface area is 132 Å². The van der Waals surface area contributed by atoms with Gasteiger partial charge in [0.1, 0.15) is 5.82 Å². The van der Waals surface area contributed by atoms with Gasteiger partial charge >= 0.3 is 0 Å². The van der Waals surface area contributed by atoms with Crippen LogP contribution >= 0.6 is 15.9 Å². The lowest BCUT2D eigenvalue weighted by Crippen LogP contribution is -2.01. The molecule has 21 heavy (non-hydrogen) atoms. The van der Waals surface area contributed by atoms with Crippen LogP contribution in [0.4, 0.5) is 5.69 Å². The summed E-state index contributed by atoms with van der Waals surface area (Å²) in [6, 6.07) is 10.2. The third-order valence-corrected chi connectivity index (χ3v) is 4.45. The van der Waals surface area contributed by atoms with Crippen molar-refractivity contribution < 1.29 is 0 Å². The highest BCUT2D eigenvalue weighted by molar-refractivity contribution is 9.10. The van der Waals surface area contributed by atoms with Crippen LogP contribution in [0.3, 0.4) is 0 Å². The van der Waals surface area contributed by atoms with Gasteiger partial charge in [0.15, 0.2) is 0 Å². The lowest BCUT2D eigenvalue weighted by Gasteiger charge is -2.12. The number of benzene rings is 2. The molecule has 0 saturated heterocycles. The second kappa shape index (κ2) is 5.19. The van der Waals surface area contributed by atoms with E-state index in [0.29, 0.717) is 0 Å². The molecule has 3 aromatic rings. The molecule has 0 atom stereocenters. The third-order valence-electron chi connectivity index (χ3n) is 3.96. The maximum Gasteiger partial charge on any atom is 0.141 e. The van der Waals surface area contributed by atoms with Crippen molar-refractivity contribution in [1.82, 2.24) is 9.55 Å². The largest absolute Gasteiger partial charge is 0.399 e. The summed E-state index contributed by atoms with van der Waals surface area (Å²) in [6.07, 6.45) is 0. The Morgan fingerprint density at radius 3 is 2.67 bits per heavy atom. The maximum atomic E-state index is 6.03. The van der Waals surface area contributed by atoms with Gasteiger partial charge in [-0.05, 0) is 62.2 Å². The number of nitrogens with zero attached hydrogens (tertiary/aromatic N) is 2. The Morgan fingerprint density at radius 1 is 1.19 bits per heavy atom. The van der Waals surface area contributed by atoms with Crippen molar-refractivity contribution in [2.24, 2.45) is 0 Å². The maximum absolute atomic E-state index is 6.03. The number of nitrogens with two attached hydrogens (primary N) is 1. The van der Waals surface area contributed by atoms with E-state index >= 15 is 0 Å². The molecular formula is C17H18BrN3. The molecule has 0 aliphatic carbocycles. The molecule has 0 bridgehead atoms. The quantitative estimate of drug-likeness (QED) is 0.686. The summed E-state index contributed by atoms with van der Waals surface area (Å²) in [7, 11) is 0. The van der Waals surface area contributed by atoms with Crippen molar-refractivity contribution in [3.8, 4) is 11.4 Å². The molecule has 0 fully saturated rings. The molecule has 0 saturated carbocycles. The molecule has 3 rings (SSSR count). The first-order chi connectivity index (χ1) is 10.0. The fourth-order valence-corrected chi connectivity index (χ4v) is 3.10. The predicted molar refractivity (Wildman–Crippen MR) is 92.4 cm³/mol. The van der Waals surface area contributed by atoms with Gasteiger partial charge in [0.05, 0.1) is 11.0 Å². The number of imidazole rings is 1. The minimum absolute atomic E-state index is 0.781. The van der Waals surface area contributed by atoms with Crippen LogP contribution in [0.25, 0.3) is 22.4 Å². The summed E-state index contributed by atoms with van der Waals surface area (Å²) in [4.78, 5) is 4.84. The standard InChI is InChI=1S/C17H18BrN3/c1-4-21-16-6-5-12(18)8-15(16)20-17(21)14-9-13(19)7-10(2)11(14)3/h5-9H,4,19H2,1-3H3. The van der Waals surface area contributed by atoms with Gasteiger partial charge in [-0.15, -0.1) is 0 Å². The fraction of sp³-hybridized carbons (Fsp3) is 0.235. The van der Waals surface area contributed by atoms with Crippen LogP contribution < -0.4 is 5.73 Å². The van der Waals surface area contributed by atoms with Crippen molar-refractivity contribution in [3.63, 3.8) is 0 Å². The number of halogens is 1. The van der Waals surface area contributed by atoms with E-state index in [1.807, 2.05) is 12.1 Å². The number of aryl methyl sites for hydroxylation is 2. The lowest BCUT2D eigenvalue weighted by atomic mass is 10.0. The highest BCUT2D eigenvalue weighted by atomic mass is 79.9. The Kier molecular flexibility index (Phi) is 3.49. The molecule has 0 aliphatic rings. The van der Waals surface area contributed by atoms with E-state index in [0.717, 1.165) is 39.1 Å². The van der Waals surface area contributed by atoms with Crippen molar-refractivity contribution >= 4 is 32.7 Å². The van der Waals surface area contributed by atoms with Crippen LogP contribution in [-0.2, 0) is 6.54 Å². The van der Waals surface area contributed by atoms with Crippen molar-refractivity contribution in [3.05, 3.63) is 45.9 Å². The monoisotopic (exact) mass is 343 g/mol. The highest BCUT2D eigenvalue weighted by Gasteiger charge is 2.15. The average Bonchev–Trinajstić information content (AvgIpc) is 2.79. The number of aromatic nitrogens is 2. The summed E-state index contributed by atoms with van der Waals surface area (Å²) < 4.78 is 3.28. The zero-order chi connectivity index (χ0) is 15.1. The van der Waals surface area contributed by atoms with Crippen molar-refractivity contribution in [2.75, 3.05) is 5.73 Å². The molecule has 0 amide bonds. The summed E-state index contributed by atoms with van der Waals surface area (Å²) in [5.41, 5.74) is 12.5. The molecule has 1 heterocycles. The van der Waals surface area contributed by atoms with Crippen LogP contribution in [0.1, 0.15) is 18.1 Å². The van der Waals surface area contributed by atoms with E-state index in [4.69, 9.17) is 10.7 Å². The molecule has 108 valence electrons. The summed E-state index contributed by atoms with van der Waals surface area (Å²) in [6.45, 7) is 7.23. The van der Waals surface area contributed by atoms with Crippen LogP contribution in [0.5, 0.6) is 0 Å². The topological polar surface area (TPSA) is 43.8 Å². The second-order valence-corrected chi connectivity index (χ2v) is 6.24. The minimum Gasteiger partial charge on any atom is -0.399 e. The Hall–Kier alpha value is -1.81. The zero-order valence-electron chi connectivity index (χ0n) is 12.4. The molecule has 4 heteroatoms. The first kappa shape index (κ1) is 14.1. The van der Waals surface area contributed by atoms with Gasteiger partial charge < -0.3 is 10.3 Å². The van der Waals surface area contributed by atoms with Crippen molar-refractivity contribution in [1.29, 1.82) is 0 Å². The number of fused-ring (bicyclic) bond motifs is 1. The summed E-state index contributed by atoms with van der Waals surface area (Å²) in [5.74, 6) is 0.985. The number of nitrogen functional groups attached to an aromatic ring is 1. The molecule has 2 aromatic carbocycles. The Balaban J connectivity index is 2.35. The number of anilines is 1. The van der Waals surface area contributed by atoms with Crippen LogP contribution in [0.2, 0.25) is 0 Å². The molecule has 0 spiro atoms. The van der Waals surface area contributed by atoms with Crippen molar-refractivity contribution in [2.45, 2.75) is 27.3 Å². The Morgan fingerprint density at radius 2 is 1.95 bits per heavy atom. The second-order valence-electron chi connectivity index (χ2n) is 5.32. The molecule has 0 aliphatic heterocycles. The first-order valence-electron chi connectivity index (χ1n) is 7.04. The van der Waals surface area contributed by atoms with Gasteiger partial charge in [0, 0.05) is 22.3 Å². The van der Waals surface area contributed by atoms with Gasteiger partial charge in [0.25, 0.3) is 0 Å². The summed E-state index contributed by atoms with van der Waals surface area (Å²) >= 11 is 3.51. The van der Waals surface area contributed by atoms with Gasteiger partial charge in [0.2, 0.25) is 0 Å². The van der Waals surface area contributed by atoms with E-state index in [1.165, 1.54) is 11.1 Å². The van der Waals surface area contributed by atoms with Crippen LogP contribution in [0.15, 0.2) is 34.8 Å². The van der Waals surface area contributed by atoms with Gasteiger partial charge in [-0.1, -0.05) is 15.9 Å². The van der Waals surface area contributed by atoms with E-state index in [-0.39, 0.29) is 0 Å². The molecule has 0 unspecified atom stereocenters. The lowest BCUT2D eigenvalue weighted by molar-refractivity contribution is 0.795. The van der Waals surface area contributed by atoms with E-state index < -0.39 is 0 Å². The SMILES string of the molecule is CCn1c(-c2cc(N)cc(C)c2C)nc2cc(Br)ccc21. The zero-order valence-corrected chi connectivity index (χ0v) is 14.0. The number of hydrogen-bond donors (Lipinski definition) is 1. The number of rotatable bonds is 2. The molecule has 2 N–H and O–H groups in total. The third kappa shape index (κ3) is 2.33. The normalized spacial score (nSPS) is 11.2. The Bertz CT molecular complexity index is 834. The number of hydrogen-bond acceptors (Lipinski definition) is 2. The van der Waals surface area contributed by atoms with E-state index in [2.05, 4.69) is 59.5 Å². The molecule has 1 aromatic heterocycles. The van der Waals surface area contributed by atoms with Crippen LogP contribution in [-0.4, -0.2) is 9.55 Å². The van der Waals surface area contributed by atoms with Gasteiger partial charge in [-0.3, -0.25) is 0 Å². The highest BCUT2D eigenvalue weighted by Crippen LogP contribution is 2.31. The first-order valence-corrected chi connectivity index (χ1v) is 7.83. The predicted octanol–water partition coefficient (Wildman–Crippen LogP) is 4.68. The van der Waals surface area contributed by atoms with E-state index in [9.17, 15) is 0 Å². The van der Waals surface area contributed by atoms with Gasteiger partial charge in [-0.25, -0.2) is 4.98 Å².